The molecule has 0 bridgehead atoms. The van der Waals surface area contributed by atoms with Gasteiger partial charge in [0.15, 0.2) is 0 Å². The van der Waals surface area contributed by atoms with Crippen molar-refractivity contribution in [1.29, 1.82) is 0 Å². The Morgan fingerprint density at radius 1 is 1.47 bits per heavy atom. The van der Waals surface area contributed by atoms with E-state index in [4.69, 9.17) is 0 Å². The molecule has 2 atom stereocenters. The third-order valence-electron chi connectivity index (χ3n) is 3.14. The Hall–Kier alpha value is -1.58. The fourth-order valence-electron chi connectivity index (χ4n) is 1.49. The molecule has 0 spiro atoms. The number of nitrogens with one attached hydrogen (secondary N) is 2. The first-order valence-electron chi connectivity index (χ1n) is 6.03. The first kappa shape index (κ1) is 13.5. The molecule has 1 aromatic heterocycles. The minimum atomic E-state index is -0.116. The van der Waals surface area contributed by atoms with Crippen molar-refractivity contribution in [2.24, 2.45) is 5.92 Å². The van der Waals surface area contributed by atoms with E-state index in [-0.39, 0.29) is 11.9 Å². The minimum absolute atomic E-state index is 0.116. The van der Waals surface area contributed by atoms with Crippen LogP contribution in [0.4, 0.5) is 5.69 Å². The second-order valence-electron chi connectivity index (χ2n) is 4.33. The lowest BCUT2D eigenvalue weighted by atomic mass is 10.0. The Bertz CT molecular complexity index is 379. The number of amides is 1. The molecule has 0 saturated carbocycles. The van der Waals surface area contributed by atoms with Crippen molar-refractivity contribution in [3.8, 4) is 0 Å². The Kier molecular flexibility index (Phi) is 4.94. The molecule has 1 heterocycles. The molecule has 1 aromatic rings. The zero-order valence-corrected chi connectivity index (χ0v) is 10.9. The van der Waals surface area contributed by atoms with Crippen LogP contribution in [0.1, 0.15) is 37.7 Å². The molecule has 0 aliphatic heterocycles. The average Bonchev–Trinajstić information content (AvgIpc) is 2.37. The Morgan fingerprint density at radius 2 is 2.18 bits per heavy atom. The predicted octanol–water partition coefficient (Wildman–Crippen LogP) is 2.29. The Balaban J connectivity index is 2.69. The summed E-state index contributed by atoms with van der Waals surface area (Å²) in [7, 11) is 1.82. The van der Waals surface area contributed by atoms with E-state index in [1.165, 1.54) is 0 Å². The van der Waals surface area contributed by atoms with Crippen LogP contribution in [-0.4, -0.2) is 24.0 Å². The fraction of sp³-hybridized carbons (Fsp3) is 0.538. The zero-order chi connectivity index (χ0) is 12.8. The van der Waals surface area contributed by atoms with E-state index in [9.17, 15) is 4.79 Å². The number of carbonyl (C=O) groups is 1. The first-order valence-corrected chi connectivity index (χ1v) is 6.03. The smallest absolute Gasteiger partial charge is 0.270 e. The zero-order valence-electron chi connectivity index (χ0n) is 10.9. The molecule has 4 heteroatoms. The molecule has 0 fully saturated rings. The van der Waals surface area contributed by atoms with E-state index in [1.54, 1.807) is 12.3 Å². The van der Waals surface area contributed by atoms with Crippen molar-refractivity contribution < 1.29 is 4.79 Å². The number of hydrogen-bond acceptors (Lipinski definition) is 3. The molecule has 1 amide bonds. The number of pyridine rings is 1. The van der Waals surface area contributed by atoms with E-state index < -0.39 is 0 Å². The molecule has 94 valence electrons. The van der Waals surface area contributed by atoms with Crippen molar-refractivity contribution in [3.63, 3.8) is 0 Å². The van der Waals surface area contributed by atoms with Crippen LogP contribution in [0, 0.1) is 5.92 Å². The number of hydrogen-bond donors (Lipinski definition) is 2. The van der Waals surface area contributed by atoms with Gasteiger partial charge < -0.3 is 10.6 Å². The topological polar surface area (TPSA) is 54.0 Å². The van der Waals surface area contributed by atoms with Crippen LogP contribution in [0.5, 0.6) is 0 Å². The van der Waals surface area contributed by atoms with E-state index in [2.05, 4.69) is 29.5 Å². The van der Waals surface area contributed by atoms with Crippen LogP contribution in [0.15, 0.2) is 18.3 Å². The highest BCUT2D eigenvalue weighted by Gasteiger charge is 2.15. The summed E-state index contributed by atoms with van der Waals surface area (Å²) in [5.74, 6) is 0.348. The number of anilines is 1. The van der Waals surface area contributed by atoms with Gasteiger partial charge in [-0.3, -0.25) is 9.78 Å². The van der Waals surface area contributed by atoms with Gasteiger partial charge in [0.05, 0.1) is 0 Å². The number of aromatic nitrogens is 1. The summed E-state index contributed by atoms with van der Waals surface area (Å²) in [4.78, 5) is 16.0. The van der Waals surface area contributed by atoms with Crippen molar-refractivity contribution in [1.82, 2.24) is 10.3 Å². The number of carbonyl (C=O) groups excluding carboxylic acids is 1. The standard InChI is InChI=1S/C13H21N3O/c1-5-9(2)10(3)16-13(17)12-8-11(14-4)6-7-15-12/h6-10H,5H2,1-4H3,(H,14,15)(H,16,17). The highest BCUT2D eigenvalue weighted by atomic mass is 16.1. The van der Waals surface area contributed by atoms with Crippen molar-refractivity contribution in [2.45, 2.75) is 33.2 Å². The predicted molar refractivity (Wildman–Crippen MR) is 70.2 cm³/mol. The van der Waals surface area contributed by atoms with Crippen LogP contribution in [0.2, 0.25) is 0 Å². The second kappa shape index (κ2) is 6.23. The summed E-state index contributed by atoms with van der Waals surface area (Å²) < 4.78 is 0. The summed E-state index contributed by atoms with van der Waals surface area (Å²) in [6, 6.07) is 3.74. The van der Waals surface area contributed by atoms with Crippen LogP contribution in [0.25, 0.3) is 0 Å². The lowest BCUT2D eigenvalue weighted by molar-refractivity contribution is 0.0923. The first-order chi connectivity index (χ1) is 8.08. The van der Waals surface area contributed by atoms with Crippen molar-refractivity contribution >= 4 is 11.6 Å². The Morgan fingerprint density at radius 3 is 2.76 bits per heavy atom. The molecule has 0 radical (unpaired) electrons. The van der Waals surface area contributed by atoms with Gasteiger partial charge in [0.2, 0.25) is 0 Å². The Labute approximate surface area is 103 Å². The molecule has 17 heavy (non-hydrogen) atoms. The molecular formula is C13H21N3O. The lowest BCUT2D eigenvalue weighted by Crippen LogP contribution is -2.37. The maximum Gasteiger partial charge on any atom is 0.270 e. The van der Waals surface area contributed by atoms with Crippen LogP contribution in [-0.2, 0) is 0 Å². The summed E-state index contributed by atoms with van der Waals surface area (Å²) in [6.07, 6.45) is 2.68. The van der Waals surface area contributed by atoms with Crippen LogP contribution >= 0.6 is 0 Å². The molecule has 0 aliphatic carbocycles. The quantitative estimate of drug-likeness (QED) is 0.823. The molecule has 1 rings (SSSR count). The molecule has 0 aromatic carbocycles. The lowest BCUT2D eigenvalue weighted by Gasteiger charge is -2.19. The van der Waals surface area contributed by atoms with E-state index in [0.29, 0.717) is 11.6 Å². The average molecular weight is 235 g/mol. The van der Waals surface area contributed by atoms with Crippen LogP contribution < -0.4 is 10.6 Å². The second-order valence-corrected chi connectivity index (χ2v) is 4.33. The maximum atomic E-state index is 11.9. The molecule has 2 N–H and O–H groups in total. The highest BCUT2D eigenvalue weighted by molar-refractivity contribution is 5.93. The molecule has 4 nitrogen and oxygen atoms in total. The highest BCUT2D eigenvalue weighted by Crippen LogP contribution is 2.10. The molecule has 0 saturated heterocycles. The summed E-state index contributed by atoms with van der Waals surface area (Å²) >= 11 is 0. The van der Waals surface area contributed by atoms with Crippen molar-refractivity contribution in [3.05, 3.63) is 24.0 Å². The number of nitrogens with zero attached hydrogens (tertiary/aromatic N) is 1. The van der Waals surface area contributed by atoms with Crippen LogP contribution in [0.3, 0.4) is 0 Å². The van der Waals surface area contributed by atoms with E-state index in [0.717, 1.165) is 12.1 Å². The van der Waals surface area contributed by atoms with E-state index >= 15 is 0 Å². The largest absolute Gasteiger partial charge is 0.388 e. The van der Waals surface area contributed by atoms with Gasteiger partial charge in [0, 0.05) is 25.0 Å². The molecule has 2 unspecified atom stereocenters. The van der Waals surface area contributed by atoms with Gasteiger partial charge in [-0.1, -0.05) is 20.3 Å². The van der Waals surface area contributed by atoms with Crippen molar-refractivity contribution in [2.75, 3.05) is 12.4 Å². The molecular weight excluding hydrogens is 214 g/mol. The monoisotopic (exact) mass is 235 g/mol. The number of rotatable bonds is 5. The van der Waals surface area contributed by atoms with Gasteiger partial charge in [0.1, 0.15) is 5.69 Å². The maximum absolute atomic E-state index is 11.9. The van der Waals surface area contributed by atoms with Gasteiger partial charge >= 0.3 is 0 Å². The van der Waals surface area contributed by atoms with Gasteiger partial charge in [-0.25, -0.2) is 0 Å². The normalized spacial score (nSPS) is 13.9. The third-order valence-corrected chi connectivity index (χ3v) is 3.14. The van der Waals surface area contributed by atoms with Gasteiger partial charge in [0.25, 0.3) is 5.91 Å². The summed E-state index contributed by atoms with van der Waals surface area (Å²) in [5, 5.41) is 5.96. The summed E-state index contributed by atoms with van der Waals surface area (Å²) in [6.45, 7) is 6.27. The minimum Gasteiger partial charge on any atom is -0.388 e. The van der Waals surface area contributed by atoms with E-state index in [1.807, 2.05) is 20.0 Å². The van der Waals surface area contributed by atoms with Gasteiger partial charge in [-0.2, -0.15) is 0 Å². The fourth-order valence-corrected chi connectivity index (χ4v) is 1.49. The SMILES string of the molecule is CCC(C)C(C)NC(=O)c1cc(NC)ccn1. The molecule has 0 aliphatic rings. The van der Waals surface area contributed by atoms with Gasteiger partial charge in [-0.05, 0) is 25.0 Å². The summed E-state index contributed by atoms with van der Waals surface area (Å²) in [5.41, 5.74) is 1.34. The van der Waals surface area contributed by atoms with Gasteiger partial charge in [-0.15, -0.1) is 0 Å². The third kappa shape index (κ3) is 3.73.